The molecule has 0 amide bonds. The first-order chi connectivity index (χ1) is 8.43. The van der Waals surface area contributed by atoms with E-state index in [2.05, 4.69) is 0 Å². The standard InChI is InChI=1S/C11H4BF6/c13-7-6(5-1-3-12(18)4-2-5)8(14)10(16)11(17)9(7)15/h1-4H. The molecule has 0 aliphatic carbocycles. The molecule has 1 aliphatic heterocycles. The first-order valence-electron chi connectivity index (χ1n) is 4.82. The minimum Gasteiger partial charge on any atom is -0.329 e. The van der Waals surface area contributed by atoms with Gasteiger partial charge < -0.3 is 4.32 Å². The quantitative estimate of drug-likeness (QED) is 0.313. The van der Waals surface area contributed by atoms with Crippen molar-refractivity contribution in [3.63, 3.8) is 0 Å². The summed E-state index contributed by atoms with van der Waals surface area (Å²) in [4.78, 5) is 0. The van der Waals surface area contributed by atoms with Crippen molar-refractivity contribution in [2.24, 2.45) is 0 Å². The van der Waals surface area contributed by atoms with Crippen molar-refractivity contribution in [2.75, 3.05) is 0 Å². The van der Waals surface area contributed by atoms with Crippen molar-refractivity contribution in [3.8, 4) is 0 Å². The number of allylic oxidation sites excluding steroid dienone is 3. The van der Waals surface area contributed by atoms with Crippen molar-refractivity contribution >= 4 is 12.6 Å². The molecule has 0 aromatic heterocycles. The van der Waals surface area contributed by atoms with Crippen molar-refractivity contribution in [1.29, 1.82) is 0 Å². The lowest BCUT2D eigenvalue weighted by molar-refractivity contribution is 0.376. The summed E-state index contributed by atoms with van der Waals surface area (Å²) in [5.74, 6) is -9.21. The molecule has 1 aliphatic rings. The molecule has 0 unspecified atom stereocenters. The molecule has 1 aromatic carbocycles. The van der Waals surface area contributed by atoms with Gasteiger partial charge in [0.2, 0.25) is 5.82 Å². The molecule has 2 rings (SSSR count). The van der Waals surface area contributed by atoms with E-state index in [0.717, 1.165) is 24.4 Å². The van der Waals surface area contributed by atoms with Crippen molar-refractivity contribution < 1.29 is 26.3 Å². The fourth-order valence-electron chi connectivity index (χ4n) is 1.54. The zero-order chi connectivity index (χ0) is 13.4. The highest BCUT2D eigenvalue weighted by molar-refractivity contribution is 6.62. The molecular weight excluding hydrogens is 257 g/mol. The lowest BCUT2D eigenvalue weighted by Gasteiger charge is -2.11. The molecule has 0 fully saturated rings. The number of hydrogen-bond donors (Lipinski definition) is 0. The van der Waals surface area contributed by atoms with Gasteiger partial charge in [0.05, 0.1) is 5.56 Å². The molecule has 18 heavy (non-hydrogen) atoms. The van der Waals surface area contributed by atoms with E-state index in [-0.39, 0.29) is 5.57 Å². The average Bonchev–Trinajstić information content (AvgIpc) is 2.36. The fourth-order valence-corrected chi connectivity index (χ4v) is 1.54. The van der Waals surface area contributed by atoms with Crippen LogP contribution in [0.15, 0.2) is 18.1 Å². The highest BCUT2D eigenvalue weighted by Crippen LogP contribution is 2.30. The van der Waals surface area contributed by atoms with Gasteiger partial charge in [-0.1, -0.05) is 18.1 Å². The minimum absolute atomic E-state index is 0.281. The summed E-state index contributed by atoms with van der Waals surface area (Å²) in [6, 6.07) is 0. The van der Waals surface area contributed by atoms with Gasteiger partial charge in [-0.15, -0.1) is 0 Å². The van der Waals surface area contributed by atoms with Crippen LogP contribution in [0.5, 0.6) is 0 Å². The summed E-state index contributed by atoms with van der Waals surface area (Å²) in [6.45, 7) is -1.45. The van der Waals surface area contributed by atoms with Gasteiger partial charge in [0.15, 0.2) is 23.3 Å². The molecule has 0 bridgehead atoms. The van der Waals surface area contributed by atoms with Gasteiger partial charge in [0.25, 0.3) is 0 Å². The Balaban J connectivity index is 2.63. The normalized spacial score (nSPS) is 15.0. The first-order valence-corrected chi connectivity index (χ1v) is 4.82. The number of halogens is 6. The fraction of sp³-hybridized carbons (Fsp3) is 0. The predicted molar refractivity (Wildman–Crippen MR) is 54.5 cm³/mol. The molecule has 1 heterocycles. The predicted octanol–water partition coefficient (Wildman–Crippen LogP) is 3.58. The van der Waals surface area contributed by atoms with Crippen LogP contribution in [0.2, 0.25) is 0 Å². The molecule has 0 saturated heterocycles. The van der Waals surface area contributed by atoms with Crippen LogP contribution in [-0.4, -0.2) is 6.99 Å². The lowest BCUT2D eigenvalue weighted by atomic mass is 9.65. The molecule has 0 spiro atoms. The topological polar surface area (TPSA) is 0 Å². The van der Waals surface area contributed by atoms with E-state index >= 15 is 0 Å². The van der Waals surface area contributed by atoms with E-state index in [4.69, 9.17) is 0 Å². The van der Waals surface area contributed by atoms with Gasteiger partial charge in [-0.05, 0) is 11.9 Å². The first kappa shape index (κ1) is 12.8. The maximum Gasteiger partial charge on any atom is 0.380 e. The van der Waals surface area contributed by atoms with E-state index in [1.807, 2.05) is 0 Å². The molecule has 7 heteroatoms. The second-order valence-corrected chi connectivity index (χ2v) is 3.56. The Morgan fingerprint density at radius 2 is 1.28 bits per heavy atom. The van der Waals surface area contributed by atoms with Crippen LogP contribution in [0.4, 0.5) is 26.3 Å². The second kappa shape index (κ2) is 4.55. The summed E-state index contributed by atoms with van der Waals surface area (Å²) in [5.41, 5.74) is -1.34. The molecule has 0 saturated carbocycles. The Labute approximate surface area is 98.7 Å². The molecule has 0 N–H and O–H groups in total. The largest absolute Gasteiger partial charge is 0.380 e. The Morgan fingerprint density at radius 3 is 1.72 bits per heavy atom. The Kier molecular flexibility index (Phi) is 3.23. The van der Waals surface area contributed by atoms with E-state index in [1.54, 1.807) is 0 Å². The Bertz CT molecular complexity index is 534. The van der Waals surface area contributed by atoms with Crippen LogP contribution < -0.4 is 0 Å². The van der Waals surface area contributed by atoms with Gasteiger partial charge >= 0.3 is 6.99 Å². The molecule has 0 atom stereocenters. The Hall–Kier alpha value is -1.66. The van der Waals surface area contributed by atoms with Crippen LogP contribution in [0.25, 0.3) is 5.57 Å². The smallest absolute Gasteiger partial charge is 0.329 e. The summed E-state index contributed by atoms with van der Waals surface area (Å²) >= 11 is 0. The molecule has 0 nitrogen and oxygen atoms in total. The number of hydrogen-bond acceptors (Lipinski definition) is 0. The third kappa shape index (κ3) is 1.93. The maximum atomic E-state index is 13.4. The van der Waals surface area contributed by atoms with E-state index < -0.39 is 41.6 Å². The van der Waals surface area contributed by atoms with Crippen LogP contribution in [0.3, 0.4) is 0 Å². The van der Waals surface area contributed by atoms with E-state index in [9.17, 15) is 26.3 Å². The average molecular weight is 261 g/mol. The monoisotopic (exact) mass is 261 g/mol. The highest BCUT2D eigenvalue weighted by Gasteiger charge is 2.28. The molecule has 1 aromatic rings. The van der Waals surface area contributed by atoms with Gasteiger partial charge in [-0.25, -0.2) is 22.0 Å². The van der Waals surface area contributed by atoms with Crippen molar-refractivity contribution in [2.45, 2.75) is 0 Å². The van der Waals surface area contributed by atoms with Gasteiger partial charge in [-0.3, -0.25) is 0 Å². The van der Waals surface area contributed by atoms with Crippen molar-refractivity contribution in [3.05, 3.63) is 59.1 Å². The molecule has 1 radical (unpaired) electrons. The number of benzene rings is 1. The third-order valence-electron chi connectivity index (χ3n) is 2.42. The van der Waals surface area contributed by atoms with Gasteiger partial charge in [0.1, 0.15) is 0 Å². The van der Waals surface area contributed by atoms with Crippen LogP contribution in [0.1, 0.15) is 5.56 Å². The maximum absolute atomic E-state index is 13.4. The highest BCUT2D eigenvalue weighted by atomic mass is 19.2. The molecular formula is C11H4BF6. The van der Waals surface area contributed by atoms with Crippen LogP contribution in [-0.2, 0) is 0 Å². The minimum atomic E-state index is -2.22. The lowest BCUT2D eigenvalue weighted by Crippen LogP contribution is -2.10. The summed E-state index contributed by atoms with van der Waals surface area (Å²) < 4.78 is 78.1. The summed E-state index contributed by atoms with van der Waals surface area (Å²) in [5, 5.41) is 0. The van der Waals surface area contributed by atoms with E-state index in [1.165, 1.54) is 0 Å². The van der Waals surface area contributed by atoms with E-state index in [0.29, 0.717) is 0 Å². The summed E-state index contributed by atoms with van der Waals surface area (Å²) in [7, 11) is 0. The van der Waals surface area contributed by atoms with Gasteiger partial charge in [-0.2, -0.15) is 0 Å². The second-order valence-electron chi connectivity index (χ2n) is 3.56. The zero-order valence-electron chi connectivity index (χ0n) is 8.65. The number of rotatable bonds is 1. The Morgan fingerprint density at radius 1 is 0.778 bits per heavy atom. The summed E-state index contributed by atoms with van der Waals surface area (Å²) in [6.07, 6.45) is 2.86. The third-order valence-corrected chi connectivity index (χ3v) is 2.42. The van der Waals surface area contributed by atoms with Crippen LogP contribution in [0, 0.1) is 35.4 Å². The molecule has 93 valence electrons. The zero-order valence-corrected chi connectivity index (χ0v) is 8.65. The van der Waals surface area contributed by atoms with Gasteiger partial charge in [0, 0.05) is 0 Å². The van der Waals surface area contributed by atoms with Crippen LogP contribution >= 0.6 is 0 Å². The SMILES string of the molecule is FB1[CH]C=C(c2c(F)c(F)c(F)c(F)c2F)C=C1. The van der Waals surface area contributed by atoms with Crippen molar-refractivity contribution in [1.82, 2.24) is 0 Å².